The minimum atomic E-state index is -0.535. The minimum absolute atomic E-state index is 0.204. The summed E-state index contributed by atoms with van der Waals surface area (Å²) < 4.78 is 15.9. The smallest absolute Gasteiger partial charge is 0.255 e. The monoisotopic (exact) mass is 528 g/mol. The Hall–Kier alpha value is -4.43. The van der Waals surface area contributed by atoms with Crippen LogP contribution in [0.2, 0.25) is 0 Å². The zero-order chi connectivity index (χ0) is 26.9. The number of nitrogens with one attached hydrogen (secondary N) is 2. The highest BCUT2D eigenvalue weighted by molar-refractivity contribution is 8.00. The summed E-state index contributed by atoms with van der Waals surface area (Å²) in [5, 5.41) is 5.35. The number of ether oxygens (including phenoxy) is 3. The van der Waals surface area contributed by atoms with E-state index in [-0.39, 0.29) is 11.8 Å². The van der Waals surface area contributed by atoms with Crippen LogP contribution >= 0.6 is 11.8 Å². The molecule has 1 atom stereocenters. The van der Waals surface area contributed by atoms with Gasteiger partial charge in [-0.1, -0.05) is 30.3 Å². The molecule has 2 N–H and O–H groups in total. The summed E-state index contributed by atoms with van der Waals surface area (Å²) in [6.45, 7) is 0. The van der Waals surface area contributed by atoms with Crippen molar-refractivity contribution in [2.75, 3.05) is 32.0 Å². The van der Waals surface area contributed by atoms with Gasteiger partial charge in [0.1, 0.15) is 22.5 Å². The molecule has 0 bridgehead atoms. The van der Waals surface area contributed by atoms with Gasteiger partial charge in [-0.15, -0.1) is 11.8 Å². The third-order valence-electron chi connectivity index (χ3n) is 5.72. The maximum atomic E-state index is 13.5. The molecule has 0 aliphatic heterocycles. The lowest BCUT2D eigenvalue weighted by Gasteiger charge is -2.19. The fourth-order valence-electron chi connectivity index (χ4n) is 3.71. The van der Waals surface area contributed by atoms with Crippen molar-refractivity contribution in [3.63, 3.8) is 0 Å². The lowest BCUT2D eigenvalue weighted by atomic mass is 10.1. The fraction of sp³-hybridized carbons (Fsp3) is 0.133. The van der Waals surface area contributed by atoms with Crippen LogP contribution in [0.25, 0.3) is 0 Å². The maximum absolute atomic E-state index is 13.5. The number of carbonyl (C=O) groups excluding carboxylic acids is 2. The van der Waals surface area contributed by atoms with Crippen molar-refractivity contribution in [3.8, 4) is 17.2 Å². The van der Waals surface area contributed by atoms with Gasteiger partial charge in [-0.2, -0.15) is 0 Å². The molecule has 8 heteroatoms. The molecule has 1 unspecified atom stereocenters. The Balaban J connectivity index is 1.50. The average Bonchev–Trinajstić information content (AvgIpc) is 2.97. The quantitative estimate of drug-likeness (QED) is 0.231. The molecule has 7 nitrogen and oxygen atoms in total. The maximum Gasteiger partial charge on any atom is 0.255 e. The van der Waals surface area contributed by atoms with Gasteiger partial charge in [0, 0.05) is 22.2 Å². The normalized spacial score (nSPS) is 11.2. The zero-order valence-corrected chi connectivity index (χ0v) is 22.1. The summed E-state index contributed by atoms with van der Waals surface area (Å²) >= 11 is 1.41. The Bertz CT molecular complexity index is 1380. The molecule has 0 saturated carbocycles. The predicted molar refractivity (Wildman–Crippen MR) is 151 cm³/mol. The van der Waals surface area contributed by atoms with E-state index >= 15 is 0 Å². The van der Waals surface area contributed by atoms with Crippen LogP contribution in [-0.2, 0) is 4.79 Å². The van der Waals surface area contributed by atoms with E-state index in [1.807, 2.05) is 54.6 Å². The average molecular weight is 529 g/mol. The van der Waals surface area contributed by atoms with Crippen LogP contribution in [0.1, 0.15) is 21.2 Å². The number of hydrogen-bond donors (Lipinski definition) is 2. The van der Waals surface area contributed by atoms with Crippen LogP contribution in [-0.4, -0.2) is 33.1 Å². The van der Waals surface area contributed by atoms with Gasteiger partial charge in [0.25, 0.3) is 5.91 Å². The van der Waals surface area contributed by atoms with Crippen molar-refractivity contribution in [3.05, 3.63) is 108 Å². The first-order valence-electron chi connectivity index (χ1n) is 11.8. The second-order valence-corrected chi connectivity index (χ2v) is 9.35. The van der Waals surface area contributed by atoms with Gasteiger partial charge in [-0.05, 0) is 66.2 Å². The van der Waals surface area contributed by atoms with Gasteiger partial charge in [-0.3, -0.25) is 9.59 Å². The first kappa shape index (κ1) is 26.6. The van der Waals surface area contributed by atoms with E-state index in [1.165, 1.54) is 11.8 Å². The molecule has 38 heavy (non-hydrogen) atoms. The van der Waals surface area contributed by atoms with Crippen LogP contribution in [0.15, 0.2) is 102 Å². The van der Waals surface area contributed by atoms with Gasteiger partial charge in [0.05, 0.1) is 27.0 Å². The molecule has 0 fully saturated rings. The Morgan fingerprint density at radius 3 is 2.00 bits per heavy atom. The van der Waals surface area contributed by atoms with Crippen molar-refractivity contribution in [1.82, 2.24) is 0 Å². The number of methoxy groups -OCH3 is 3. The molecule has 0 spiro atoms. The van der Waals surface area contributed by atoms with Crippen LogP contribution in [0.3, 0.4) is 0 Å². The van der Waals surface area contributed by atoms with Crippen molar-refractivity contribution >= 4 is 35.0 Å². The van der Waals surface area contributed by atoms with E-state index < -0.39 is 5.25 Å². The molecule has 194 valence electrons. The van der Waals surface area contributed by atoms with Gasteiger partial charge in [0.15, 0.2) is 0 Å². The minimum Gasteiger partial charge on any atom is -0.497 e. The molecule has 0 aliphatic rings. The van der Waals surface area contributed by atoms with Gasteiger partial charge < -0.3 is 24.8 Å². The summed E-state index contributed by atoms with van der Waals surface area (Å²) in [6.07, 6.45) is 0. The van der Waals surface area contributed by atoms with E-state index in [0.29, 0.717) is 34.2 Å². The number of carbonyl (C=O) groups is 2. The third-order valence-corrected chi connectivity index (χ3v) is 6.99. The summed E-state index contributed by atoms with van der Waals surface area (Å²) in [5.41, 5.74) is 2.55. The Morgan fingerprint density at radius 1 is 0.711 bits per heavy atom. The summed E-state index contributed by atoms with van der Waals surface area (Å²) in [4.78, 5) is 27.0. The number of hydrogen-bond acceptors (Lipinski definition) is 6. The summed E-state index contributed by atoms with van der Waals surface area (Å²) in [6, 6.07) is 29.1. The second-order valence-electron chi connectivity index (χ2n) is 8.17. The Morgan fingerprint density at radius 2 is 1.37 bits per heavy atom. The van der Waals surface area contributed by atoms with Crippen molar-refractivity contribution in [1.29, 1.82) is 0 Å². The second kappa shape index (κ2) is 12.7. The van der Waals surface area contributed by atoms with E-state index in [9.17, 15) is 9.59 Å². The van der Waals surface area contributed by atoms with Crippen molar-refractivity contribution in [2.24, 2.45) is 0 Å². The fourth-order valence-corrected chi connectivity index (χ4v) is 4.73. The molecule has 0 aromatic heterocycles. The summed E-state index contributed by atoms with van der Waals surface area (Å²) in [5.74, 6) is 1.40. The SMILES string of the molecule is COc1ccc(C(=O)Nc2ccc(SC(C(=O)Nc3cc(OC)ccc3OC)c3ccccc3)cc2)cc1. The highest BCUT2D eigenvalue weighted by Gasteiger charge is 2.23. The van der Waals surface area contributed by atoms with Crippen molar-refractivity contribution < 1.29 is 23.8 Å². The highest BCUT2D eigenvalue weighted by atomic mass is 32.2. The number of rotatable bonds is 10. The lowest BCUT2D eigenvalue weighted by Crippen LogP contribution is -2.19. The topological polar surface area (TPSA) is 85.9 Å². The number of anilines is 2. The van der Waals surface area contributed by atoms with Gasteiger partial charge >= 0.3 is 0 Å². The van der Waals surface area contributed by atoms with E-state index in [0.717, 1.165) is 10.5 Å². The number of thioether (sulfide) groups is 1. The zero-order valence-electron chi connectivity index (χ0n) is 21.3. The van der Waals surface area contributed by atoms with Crippen LogP contribution in [0.5, 0.6) is 17.2 Å². The molecule has 0 aliphatic carbocycles. The van der Waals surface area contributed by atoms with E-state index in [2.05, 4.69) is 10.6 Å². The van der Waals surface area contributed by atoms with Crippen LogP contribution in [0.4, 0.5) is 11.4 Å². The lowest BCUT2D eigenvalue weighted by molar-refractivity contribution is -0.115. The highest BCUT2D eigenvalue weighted by Crippen LogP contribution is 2.38. The largest absolute Gasteiger partial charge is 0.497 e. The Kier molecular flexibility index (Phi) is 8.89. The molecule has 0 saturated heterocycles. The van der Waals surface area contributed by atoms with Crippen molar-refractivity contribution in [2.45, 2.75) is 10.1 Å². The van der Waals surface area contributed by atoms with E-state index in [1.54, 1.807) is 63.8 Å². The summed E-state index contributed by atoms with van der Waals surface area (Å²) in [7, 11) is 4.70. The van der Waals surface area contributed by atoms with Gasteiger partial charge in [0.2, 0.25) is 5.91 Å². The first-order valence-corrected chi connectivity index (χ1v) is 12.7. The molecule has 2 amide bonds. The molecule has 4 aromatic rings. The number of amides is 2. The van der Waals surface area contributed by atoms with E-state index in [4.69, 9.17) is 14.2 Å². The molecule has 0 heterocycles. The Labute approximate surface area is 226 Å². The first-order chi connectivity index (χ1) is 18.5. The molecular weight excluding hydrogens is 500 g/mol. The predicted octanol–water partition coefficient (Wildman–Crippen LogP) is 6.44. The standard InChI is InChI=1S/C30H28N2O5S/c1-35-23-13-9-21(10-14-23)29(33)31-22-11-16-25(17-12-22)38-28(20-7-5-4-6-8-20)30(34)32-26-19-24(36-2)15-18-27(26)37-3/h4-19,28H,1-3H3,(H,31,33)(H,32,34). The van der Waals surface area contributed by atoms with Crippen LogP contribution in [0, 0.1) is 0 Å². The van der Waals surface area contributed by atoms with Crippen LogP contribution < -0.4 is 24.8 Å². The molecular formula is C30H28N2O5S. The third kappa shape index (κ3) is 6.66. The number of benzene rings is 4. The molecule has 4 rings (SSSR count). The molecule has 0 radical (unpaired) electrons. The molecule has 4 aromatic carbocycles. The van der Waals surface area contributed by atoms with Gasteiger partial charge in [-0.25, -0.2) is 0 Å².